The summed E-state index contributed by atoms with van der Waals surface area (Å²) in [5.74, 6) is -0.816. The summed E-state index contributed by atoms with van der Waals surface area (Å²) in [6.45, 7) is 2.74. The van der Waals surface area contributed by atoms with Gasteiger partial charge in [0, 0.05) is 6.54 Å². The Balaban J connectivity index is 2.43. The van der Waals surface area contributed by atoms with Gasteiger partial charge in [-0.05, 0) is 6.42 Å². The quantitative estimate of drug-likeness (QED) is 0.558. The second-order valence-corrected chi connectivity index (χ2v) is 3.46. The number of aromatic nitrogens is 3. The number of unbranched alkanes of at least 4 members (excludes halogenated alkanes) is 1. The summed E-state index contributed by atoms with van der Waals surface area (Å²) in [7, 11) is 1.25. The number of carbonyl (C=O) groups is 2. The summed E-state index contributed by atoms with van der Waals surface area (Å²) in [6, 6.07) is 0. The standard InChI is InChI=1S/C10H16N4O3/c1-3-4-5-11-8(15)6-14-7-12-9(13-14)10(16)17-2/h7H,3-6H2,1-2H3,(H,11,15). The molecule has 0 atom stereocenters. The summed E-state index contributed by atoms with van der Waals surface area (Å²) in [5.41, 5.74) is 0. The van der Waals surface area contributed by atoms with Gasteiger partial charge in [0.25, 0.3) is 5.82 Å². The average Bonchev–Trinajstić information content (AvgIpc) is 2.77. The molecule has 1 rings (SSSR count). The fourth-order valence-corrected chi connectivity index (χ4v) is 1.16. The average molecular weight is 240 g/mol. The molecule has 0 saturated carbocycles. The molecule has 0 aliphatic carbocycles. The van der Waals surface area contributed by atoms with Crippen LogP contribution in [0.15, 0.2) is 6.33 Å². The third-order valence-corrected chi connectivity index (χ3v) is 2.06. The van der Waals surface area contributed by atoms with Gasteiger partial charge in [0.1, 0.15) is 12.9 Å². The van der Waals surface area contributed by atoms with E-state index in [1.54, 1.807) is 0 Å². The van der Waals surface area contributed by atoms with Crippen LogP contribution in [0.5, 0.6) is 0 Å². The molecule has 1 amide bonds. The van der Waals surface area contributed by atoms with Crippen LogP contribution in [-0.4, -0.2) is 40.3 Å². The smallest absolute Gasteiger partial charge is 0.377 e. The molecule has 0 bridgehead atoms. The number of amides is 1. The van der Waals surface area contributed by atoms with Gasteiger partial charge in [-0.2, -0.15) is 0 Å². The van der Waals surface area contributed by atoms with E-state index in [2.05, 4.69) is 20.1 Å². The third kappa shape index (κ3) is 4.21. The van der Waals surface area contributed by atoms with E-state index in [9.17, 15) is 9.59 Å². The molecule has 1 aromatic heterocycles. The molecular formula is C10H16N4O3. The van der Waals surface area contributed by atoms with Gasteiger partial charge in [-0.3, -0.25) is 4.79 Å². The zero-order valence-electron chi connectivity index (χ0n) is 9.97. The summed E-state index contributed by atoms with van der Waals surface area (Å²) in [6.07, 6.45) is 3.29. The lowest BCUT2D eigenvalue weighted by Gasteiger charge is -2.03. The molecule has 7 nitrogen and oxygen atoms in total. The molecule has 0 aliphatic rings. The van der Waals surface area contributed by atoms with Crippen molar-refractivity contribution in [3.63, 3.8) is 0 Å². The molecule has 0 fully saturated rings. The number of methoxy groups -OCH3 is 1. The molecule has 1 N–H and O–H groups in total. The number of carbonyl (C=O) groups excluding carboxylic acids is 2. The normalized spacial score (nSPS) is 10.0. The van der Waals surface area contributed by atoms with Crippen LogP contribution in [0.3, 0.4) is 0 Å². The molecule has 0 spiro atoms. The predicted molar refractivity (Wildman–Crippen MR) is 59.3 cm³/mol. The first kappa shape index (κ1) is 13.1. The highest BCUT2D eigenvalue weighted by Gasteiger charge is 2.12. The van der Waals surface area contributed by atoms with Crippen molar-refractivity contribution < 1.29 is 14.3 Å². The summed E-state index contributed by atoms with van der Waals surface area (Å²) in [5, 5.41) is 6.56. The van der Waals surface area contributed by atoms with E-state index in [-0.39, 0.29) is 18.3 Å². The zero-order chi connectivity index (χ0) is 12.7. The molecule has 0 radical (unpaired) electrons. The summed E-state index contributed by atoms with van der Waals surface area (Å²) >= 11 is 0. The number of ether oxygens (including phenoxy) is 1. The van der Waals surface area contributed by atoms with Gasteiger partial charge in [-0.15, -0.1) is 5.10 Å². The Labute approximate surface area is 99.2 Å². The van der Waals surface area contributed by atoms with E-state index in [1.807, 2.05) is 6.92 Å². The van der Waals surface area contributed by atoms with Crippen molar-refractivity contribution in [1.29, 1.82) is 0 Å². The zero-order valence-corrected chi connectivity index (χ0v) is 9.97. The Kier molecular flexibility index (Phi) is 5.12. The largest absolute Gasteiger partial charge is 0.463 e. The lowest BCUT2D eigenvalue weighted by Crippen LogP contribution is -2.28. The summed E-state index contributed by atoms with van der Waals surface area (Å²) < 4.78 is 5.76. The minimum Gasteiger partial charge on any atom is -0.463 e. The molecule has 94 valence electrons. The van der Waals surface area contributed by atoms with Crippen LogP contribution in [0.4, 0.5) is 0 Å². The molecule has 0 aliphatic heterocycles. The predicted octanol–water partition coefficient (Wildman–Crippen LogP) is -0.0190. The Morgan fingerprint density at radius 1 is 1.53 bits per heavy atom. The first-order valence-corrected chi connectivity index (χ1v) is 5.41. The SMILES string of the molecule is CCCCNC(=O)Cn1cnc(C(=O)OC)n1. The second kappa shape index (κ2) is 6.62. The van der Waals surface area contributed by atoms with Crippen molar-refractivity contribution in [2.45, 2.75) is 26.3 Å². The van der Waals surface area contributed by atoms with Gasteiger partial charge >= 0.3 is 5.97 Å². The molecule has 1 heterocycles. The number of hydrogen-bond acceptors (Lipinski definition) is 5. The van der Waals surface area contributed by atoms with Gasteiger partial charge in [0.15, 0.2) is 0 Å². The van der Waals surface area contributed by atoms with Crippen molar-refractivity contribution in [3.05, 3.63) is 12.2 Å². The maximum atomic E-state index is 11.4. The molecule has 0 unspecified atom stereocenters. The molecule has 7 heteroatoms. The third-order valence-electron chi connectivity index (χ3n) is 2.06. The summed E-state index contributed by atoms with van der Waals surface area (Å²) in [4.78, 5) is 26.2. The number of nitrogens with zero attached hydrogens (tertiary/aromatic N) is 3. The van der Waals surface area contributed by atoms with Gasteiger partial charge in [0.2, 0.25) is 5.91 Å². The highest BCUT2D eigenvalue weighted by Crippen LogP contribution is 1.92. The maximum absolute atomic E-state index is 11.4. The van der Waals surface area contributed by atoms with Gasteiger partial charge in [0.05, 0.1) is 7.11 Å². The first-order chi connectivity index (χ1) is 8.17. The van der Waals surface area contributed by atoms with Crippen molar-refractivity contribution in [3.8, 4) is 0 Å². The maximum Gasteiger partial charge on any atom is 0.377 e. The topological polar surface area (TPSA) is 86.1 Å². The lowest BCUT2D eigenvalue weighted by molar-refractivity contribution is -0.121. The lowest BCUT2D eigenvalue weighted by atomic mass is 10.3. The first-order valence-electron chi connectivity index (χ1n) is 5.41. The van der Waals surface area contributed by atoms with E-state index >= 15 is 0 Å². The van der Waals surface area contributed by atoms with Crippen molar-refractivity contribution in [2.24, 2.45) is 0 Å². The van der Waals surface area contributed by atoms with E-state index in [1.165, 1.54) is 18.1 Å². The van der Waals surface area contributed by atoms with Crippen LogP contribution in [0.25, 0.3) is 0 Å². The van der Waals surface area contributed by atoms with E-state index in [0.29, 0.717) is 6.54 Å². The Morgan fingerprint density at radius 2 is 2.29 bits per heavy atom. The van der Waals surface area contributed by atoms with E-state index < -0.39 is 5.97 Å². The van der Waals surface area contributed by atoms with E-state index in [0.717, 1.165) is 12.8 Å². The van der Waals surface area contributed by atoms with Crippen molar-refractivity contribution >= 4 is 11.9 Å². The Hall–Kier alpha value is -1.92. The molecule has 17 heavy (non-hydrogen) atoms. The Morgan fingerprint density at radius 3 is 2.94 bits per heavy atom. The number of nitrogens with one attached hydrogen (secondary N) is 1. The molecular weight excluding hydrogens is 224 g/mol. The van der Waals surface area contributed by atoms with Gasteiger partial charge in [-0.25, -0.2) is 14.5 Å². The van der Waals surface area contributed by atoms with Gasteiger partial charge in [-0.1, -0.05) is 13.3 Å². The number of rotatable bonds is 6. The number of esters is 1. The highest BCUT2D eigenvalue weighted by molar-refractivity contribution is 5.84. The second-order valence-electron chi connectivity index (χ2n) is 3.46. The molecule has 1 aromatic rings. The molecule has 0 aromatic carbocycles. The Bertz CT molecular complexity index is 389. The van der Waals surface area contributed by atoms with E-state index in [4.69, 9.17) is 0 Å². The van der Waals surface area contributed by atoms with Crippen LogP contribution in [0.2, 0.25) is 0 Å². The van der Waals surface area contributed by atoms with Crippen LogP contribution >= 0.6 is 0 Å². The van der Waals surface area contributed by atoms with Crippen molar-refractivity contribution in [2.75, 3.05) is 13.7 Å². The monoisotopic (exact) mass is 240 g/mol. The molecule has 0 saturated heterocycles. The number of hydrogen-bond donors (Lipinski definition) is 1. The fraction of sp³-hybridized carbons (Fsp3) is 0.600. The van der Waals surface area contributed by atoms with Crippen LogP contribution in [-0.2, 0) is 16.1 Å². The minimum absolute atomic E-state index is 0.0474. The van der Waals surface area contributed by atoms with Crippen LogP contribution in [0, 0.1) is 0 Å². The highest BCUT2D eigenvalue weighted by atomic mass is 16.5. The van der Waals surface area contributed by atoms with Crippen LogP contribution in [0.1, 0.15) is 30.4 Å². The van der Waals surface area contributed by atoms with Crippen LogP contribution < -0.4 is 5.32 Å². The fourth-order valence-electron chi connectivity index (χ4n) is 1.16. The minimum atomic E-state index is -0.616. The van der Waals surface area contributed by atoms with Gasteiger partial charge < -0.3 is 10.1 Å². The van der Waals surface area contributed by atoms with Crippen molar-refractivity contribution in [1.82, 2.24) is 20.1 Å².